The van der Waals surface area contributed by atoms with Gasteiger partial charge in [0.25, 0.3) is 0 Å². The van der Waals surface area contributed by atoms with Crippen LogP contribution in [-0.4, -0.2) is 24.7 Å². The number of anilines is 1. The molecule has 1 N–H and O–H groups in total. The molecule has 1 fully saturated rings. The summed E-state index contributed by atoms with van der Waals surface area (Å²) in [5.74, 6) is -0.133. The largest absolute Gasteiger partial charge is 0.478 e. The Kier molecular flexibility index (Phi) is 4.24. The molecule has 1 aromatic rings. The minimum atomic E-state index is -0.846. The Hall–Kier alpha value is -1.51. The van der Waals surface area contributed by atoms with E-state index in [2.05, 4.69) is 4.90 Å². The minimum Gasteiger partial charge on any atom is -0.478 e. The molecule has 0 radical (unpaired) electrons. The van der Waals surface area contributed by atoms with Crippen molar-refractivity contribution in [2.24, 2.45) is 5.92 Å². The number of rotatable bonds is 4. The van der Waals surface area contributed by atoms with E-state index in [1.54, 1.807) is 12.1 Å². The zero-order chi connectivity index (χ0) is 13.0. The second kappa shape index (κ2) is 5.89. The molecular weight excluding hydrogens is 226 g/mol. The molecule has 18 heavy (non-hydrogen) atoms. The molecule has 98 valence electrons. The summed E-state index contributed by atoms with van der Waals surface area (Å²) in [5.41, 5.74) is 1.23. The van der Waals surface area contributed by atoms with Crippen LogP contribution in [0.2, 0.25) is 0 Å². The smallest absolute Gasteiger partial charge is 0.337 e. The van der Waals surface area contributed by atoms with Crippen LogP contribution < -0.4 is 4.90 Å². The standard InChI is InChI=1S/C15H21NO2/c1-16(11-12-7-3-2-4-8-12)14-10-6-5-9-13(14)15(17)18/h5-6,9-10,12H,2-4,7-8,11H2,1H3,(H,17,18). The number of hydrogen-bond acceptors (Lipinski definition) is 2. The molecule has 1 aliphatic carbocycles. The molecule has 1 aliphatic rings. The molecule has 3 heteroatoms. The van der Waals surface area contributed by atoms with Gasteiger partial charge in [-0.15, -0.1) is 0 Å². The van der Waals surface area contributed by atoms with Crippen molar-refractivity contribution in [3.05, 3.63) is 29.8 Å². The van der Waals surface area contributed by atoms with Gasteiger partial charge in [0.15, 0.2) is 0 Å². The van der Waals surface area contributed by atoms with E-state index in [0.29, 0.717) is 11.5 Å². The number of nitrogens with zero attached hydrogens (tertiary/aromatic N) is 1. The molecule has 0 heterocycles. The second-order valence-electron chi connectivity index (χ2n) is 5.21. The van der Waals surface area contributed by atoms with Crippen LogP contribution in [0.5, 0.6) is 0 Å². The minimum absolute atomic E-state index is 0.399. The summed E-state index contributed by atoms with van der Waals surface area (Å²) < 4.78 is 0. The number of aromatic carboxylic acids is 1. The van der Waals surface area contributed by atoms with Crippen LogP contribution in [0.1, 0.15) is 42.5 Å². The van der Waals surface area contributed by atoms with E-state index < -0.39 is 5.97 Å². The number of carboxylic acid groups (broad SMARTS) is 1. The third kappa shape index (κ3) is 3.03. The van der Waals surface area contributed by atoms with E-state index in [-0.39, 0.29) is 0 Å². The molecule has 1 aromatic carbocycles. The van der Waals surface area contributed by atoms with E-state index in [0.717, 1.165) is 12.2 Å². The average Bonchev–Trinajstić information content (AvgIpc) is 2.40. The highest BCUT2D eigenvalue weighted by Crippen LogP contribution is 2.27. The van der Waals surface area contributed by atoms with Crippen LogP contribution in [0.15, 0.2) is 24.3 Å². The van der Waals surface area contributed by atoms with Crippen molar-refractivity contribution in [3.8, 4) is 0 Å². The second-order valence-corrected chi connectivity index (χ2v) is 5.21. The van der Waals surface area contributed by atoms with Crippen LogP contribution in [-0.2, 0) is 0 Å². The molecule has 2 rings (SSSR count). The van der Waals surface area contributed by atoms with E-state index in [1.165, 1.54) is 32.1 Å². The van der Waals surface area contributed by atoms with Crippen LogP contribution in [0.3, 0.4) is 0 Å². The monoisotopic (exact) mass is 247 g/mol. The molecule has 0 saturated heterocycles. The first-order valence-corrected chi connectivity index (χ1v) is 6.72. The fourth-order valence-electron chi connectivity index (χ4n) is 2.84. The summed E-state index contributed by atoms with van der Waals surface area (Å²) in [6, 6.07) is 7.25. The van der Waals surface area contributed by atoms with Crippen molar-refractivity contribution in [1.29, 1.82) is 0 Å². The van der Waals surface area contributed by atoms with Crippen LogP contribution in [0.4, 0.5) is 5.69 Å². The third-order valence-electron chi connectivity index (χ3n) is 3.80. The number of carbonyl (C=O) groups is 1. The van der Waals surface area contributed by atoms with Gasteiger partial charge in [0.2, 0.25) is 0 Å². The fraction of sp³-hybridized carbons (Fsp3) is 0.533. The van der Waals surface area contributed by atoms with Crippen molar-refractivity contribution in [2.75, 3.05) is 18.5 Å². The van der Waals surface area contributed by atoms with Crippen LogP contribution >= 0.6 is 0 Å². The van der Waals surface area contributed by atoms with Crippen LogP contribution in [0, 0.1) is 5.92 Å². The molecule has 0 atom stereocenters. The van der Waals surface area contributed by atoms with Gasteiger partial charge in [-0.05, 0) is 30.9 Å². The molecule has 3 nitrogen and oxygen atoms in total. The summed E-state index contributed by atoms with van der Waals surface area (Å²) >= 11 is 0. The Bertz CT molecular complexity index is 411. The third-order valence-corrected chi connectivity index (χ3v) is 3.80. The van der Waals surface area contributed by atoms with Crippen molar-refractivity contribution >= 4 is 11.7 Å². The Morgan fingerprint density at radius 3 is 2.61 bits per heavy atom. The van der Waals surface area contributed by atoms with Crippen LogP contribution in [0.25, 0.3) is 0 Å². The van der Waals surface area contributed by atoms with Gasteiger partial charge in [0.1, 0.15) is 0 Å². The zero-order valence-corrected chi connectivity index (χ0v) is 10.9. The number of benzene rings is 1. The molecule has 1 saturated carbocycles. The lowest BCUT2D eigenvalue weighted by Crippen LogP contribution is -2.28. The summed E-state index contributed by atoms with van der Waals surface area (Å²) in [6.07, 6.45) is 6.54. The first-order chi connectivity index (χ1) is 8.68. The maximum atomic E-state index is 11.2. The normalized spacial score (nSPS) is 16.5. The van der Waals surface area contributed by atoms with E-state index in [9.17, 15) is 9.90 Å². The van der Waals surface area contributed by atoms with Crippen molar-refractivity contribution in [2.45, 2.75) is 32.1 Å². The maximum Gasteiger partial charge on any atom is 0.337 e. The zero-order valence-electron chi connectivity index (χ0n) is 10.9. The highest BCUT2D eigenvalue weighted by Gasteiger charge is 2.18. The Balaban J connectivity index is 2.08. The Labute approximate surface area is 108 Å². The predicted molar refractivity (Wildman–Crippen MR) is 73.2 cm³/mol. The Morgan fingerprint density at radius 2 is 1.94 bits per heavy atom. The molecule has 0 bridgehead atoms. The van der Waals surface area contributed by atoms with Crippen molar-refractivity contribution in [1.82, 2.24) is 0 Å². The predicted octanol–water partition coefficient (Wildman–Crippen LogP) is 3.40. The number of carboxylic acids is 1. The first-order valence-electron chi connectivity index (χ1n) is 6.72. The quantitative estimate of drug-likeness (QED) is 0.886. The summed E-state index contributed by atoms with van der Waals surface area (Å²) in [7, 11) is 2.00. The highest BCUT2D eigenvalue weighted by molar-refractivity contribution is 5.94. The summed E-state index contributed by atoms with van der Waals surface area (Å²) in [4.78, 5) is 13.3. The lowest BCUT2D eigenvalue weighted by Gasteiger charge is -2.29. The van der Waals surface area contributed by atoms with Crippen molar-refractivity contribution < 1.29 is 9.90 Å². The molecule has 0 spiro atoms. The Morgan fingerprint density at radius 1 is 1.28 bits per heavy atom. The molecule has 0 aromatic heterocycles. The van der Waals surface area contributed by atoms with Gasteiger partial charge in [-0.2, -0.15) is 0 Å². The molecule has 0 aliphatic heterocycles. The first kappa shape index (κ1) is 12.9. The summed E-state index contributed by atoms with van der Waals surface area (Å²) in [5, 5.41) is 9.19. The lowest BCUT2D eigenvalue weighted by atomic mass is 9.89. The number of hydrogen-bond donors (Lipinski definition) is 1. The molecule has 0 unspecified atom stereocenters. The fourth-order valence-corrected chi connectivity index (χ4v) is 2.84. The van der Waals surface area contributed by atoms with Crippen molar-refractivity contribution in [3.63, 3.8) is 0 Å². The summed E-state index contributed by atoms with van der Waals surface area (Å²) in [6.45, 7) is 0.963. The van der Waals surface area contributed by atoms with Gasteiger partial charge in [-0.25, -0.2) is 4.79 Å². The van der Waals surface area contributed by atoms with Gasteiger partial charge < -0.3 is 10.0 Å². The highest BCUT2D eigenvalue weighted by atomic mass is 16.4. The lowest BCUT2D eigenvalue weighted by molar-refractivity contribution is 0.0697. The average molecular weight is 247 g/mol. The topological polar surface area (TPSA) is 40.5 Å². The molecular formula is C15H21NO2. The molecule has 0 amide bonds. The van der Waals surface area contributed by atoms with Gasteiger partial charge in [-0.3, -0.25) is 0 Å². The van der Waals surface area contributed by atoms with E-state index in [4.69, 9.17) is 0 Å². The van der Waals surface area contributed by atoms with E-state index >= 15 is 0 Å². The SMILES string of the molecule is CN(CC1CCCCC1)c1ccccc1C(=O)O. The number of para-hydroxylation sites is 1. The van der Waals surface area contributed by atoms with Gasteiger partial charge in [0.05, 0.1) is 11.3 Å². The maximum absolute atomic E-state index is 11.2. The van der Waals surface area contributed by atoms with E-state index in [1.807, 2.05) is 19.2 Å². The van der Waals surface area contributed by atoms with Gasteiger partial charge >= 0.3 is 5.97 Å². The van der Waals surface area contributed by atoms with Gasteiger partial charge in [0, 0.05) is 13.6 Å². The van der Waals surface area contributed by atoms with Gasteiger partial charge in [-0.1, -0.05) is 31.4 Å².